The van der Waals surface area contributed by atoms with E-state index in [1.807, 2.05) is 24.3 Å². The van der Waals surface area contributed by atoms with E-state index in [-0.39, 0.29) is 5.91 Å². The quantitative estimate of drug-likeness (QED) is 0.848. The molecule has 1 aliphatic rings. The van der Waals surface area contributed by atoms with E-state index in [2.05, 4.69) is 5.32 Å². The fourth-order valence-electron chi connectivity index (χ4n) is 2.85. The molecular formula is C17H26N2O. The zero-order valence-electron chi connectivity index (χ0n) is 12.7. The van der Waals surface area contributed by atoms with Gasteiger partial charge in [-0.3, -0.25) is 4.79 Å². The Morgan fingerprint density at radius 3 is 2.55 bits per heavy atom. The van der Waals surface area contributed by atoms with Gasteiger partial charge in [-0.1, -0.05) is 31.7 Å². The zero-order chi connectivity index (χ0) is 14.4. The molecule has 1 aliphatic carbocycles. The van der Waals surface area contributed by atoms with Gasteiger partial charge < -0.3 is 10.2 Å². The summed E-state index contributed by atoms with van der Waals surface area (Å²) in [4.78, 5) is 13.6. The van der Waals surface area contributed by atoms with Crippen LogP contribution in [0.5, 0.6) is 0 Å². The van der Waals surface area contributed by atoms with Gasteiger partial charge in [-0.05, 0) is 37.0 Å². The molecule has 1 saturated carbocycles. The van der Waals surface area contributed by atoms with Crippen LogP contribution in [0, 0.1) is 5.92 Å². The van der Waals surface area contributed by atoms with Crippen LogP contribution in [-0.2, 0) is 0 Å². The second-order valence-electron chi connectivity index (χ2n) is 6.02. The van der Waals surface area contributed by atoms with Crippen LogP contribution in [0.1, 0.15) is 48.9 Å². The average molecular weight is 274 g/mol. The summed E-state index contributed by atoms with van der Waals surface area (Å²) in [5.41, 5.74) is 1.81. The standard InChI is InChI=1S/C17H26N2O/c1-19(2)17(20)15-10-7-11-16(12-15)18-13-14-8-5-3-4-6-9-14/h7,10-12,14,18H,3-6,8-9,13H2,1-2H3. The third kappa shape index (κ3) is 4.26. The smallest absolute Gasteiger partial charge is 0.253 e. The molecule has 0 atom stereocenters. The third-order valence-electron chi connectivity index (χ3n) is 4.09. The van der Waals surface area contributed by atoms with E-state index in [0.717, 1.165) is 23.7 Å². The van der Waals surface area contributed by atoms with Gasteiger partial charge in [0.25, 0.3) is 5.91 Å². The molecule has 0 saturated heterocycles. The first-order valence-electron chi connectivity index (χ1n) is 7.72. The number of nitrogens with zero attached hydrogens (tertiary/aromatic N) is 1. The molecule has 0 unspecified atom stereocenters. The van der Waals surface area contributed by atoms with Crippen molar-refractivity contribution in [3.63, 3.8) is 0 Å². The van der Waals surface area contributed by atoms with Crippen molar-refractivity contribution in [2.45, 2.75) is 38.5 Å². The van der Waals surface area contributed by atoms with E-state index in [1.165, 1.54) is 38.5 Å². The van der Waals surface area contributed by atoms with Crippen molar-refractivity contribution in [3.8, 4) is 0 Å². The normalized spacial score (nSPS) is 16.5. The Kier molecular flexibility index (Phi) is 5.45. The highest BCUT2D eigenvalue weighted by Gasteiger charge is 2.12. The predicted molar refractivity (Wildman–Crippen MR) is 84.1 cm³/mol. The van der Waals surface area contributed by atoms with Gasteiger partial charge in [0.15, 0.2) is 0 Å². The summed E-state index contributed by atoms with van der Waals surface area (Å²) in [5, 5.41) is 3.51. The molecule has 1 fully saturated rings. The number of amides is 1. The number of carbonyl (C=O) groups is 1. The van der Waals surface area contributed by atoms with Crippen LogP contribution < -0.4 is 5.32 Å². The fourth-order valence-corrected chi connectivity index (χ4v) is 2.85. The maximum Gasteiger partial charge on any atom is 0.253 e. The molecule has 1 N–H and O–H groups in total. The van der Waals surface area contributed by atoms with Crippen LogP contribution >= 0.6 is 0 Å². The van der Waals surface area contributed by atoms with Crippen LogP contribution in [0.25, 0.3) is 0 Å². The van der Waals surface area contributed by atoms with Gasteiger partial charge in [0.05, 0.1) is 0 Å². The van der Waals surface area contributed by atoms with Crippen molar-refractivity contribution in [1.29, 1.82) is 0 Å². The van der Waals surface area contributed by atoms with Crippen molar-refractivity contribution in [3.05, 3.63) is 29.8 Å². The van der Waals surface area contributed by atoms with Gasteiger partial charge in [0.1, 0.15) is 0 Å². The SMILES string of the molecule is CN(C)C(=O)c1cccc(NCC2CCCCCC2)c1. The van der Waals surface area contributed by atoms with Gasteiger partial charge in [-0.25, -0.2) is 0 Å². The number of hydrogen-bond donors (Lipinski definition) is 1. The van der Waals surface area contributed by atoms with Crippen molar-refractivity contribution < 1.29 is 4.79 Å². The second kappa shape index (κ2) is 7.32. The Morgan fingerprint density at radius 2 is 1.90 bits per heavy atom. The third-order valence-corrected chi connectivity index (χ3v) is 4.09. The van der Waals surface area contributed by atoms with Gasteiger partial charge in [0, 0.05) is 31.9 Å². The van der Waals surface area contributed by atoms with Gasteiger partial charge >= 0.3 is 0 Å². The fraction of sp³-hybridized carbons (Fsp3) is 0.588. The topological polar surface area (TPSA) is 32.3 Å². The van der Waals surface area contributed by atoms with E-state index in [4.69, 9.17) is 0 Å². The molecule has 1 aromatic carbocycles. The summed E-state index contributed by atoms with van der Waals surface area (Å²) in [6.45, 7) is 1.03. The van der Waals surface area contributed by atoms with Crippen LogP contribution in [0.2, 0.25) is 0 Å². The Morgan fingerprint density at radius 1 is 1.20 bits per heavy atom. The molecule has 1 aromatic rings. The largest absolute Gasteiger partial charge is 0.385 e. The lowest BCUT2D eigenvalue weighted by atomic mass is 10.0. The van der Waals surface area contributed by atoms with E-state index in [9.17, 15) is 4.79 Å². The number of nitrogens with one attached hydrogen (secondary N) is 1. The van der Waals surface area contributed by atoms with Gasteiger partial charge in [-0.15, -0.1) is 0 Å². The second-order valence-corrected chi connectivity index (χ2v) is 6.02. The summed E-state index contributed by atoms with van der Waals surface area (Å²) in [6.07, 6.45) is 8.19. The van der Waals surface area contributed by atoms with Crippen molar-refractivity contribution in [2.24, 2.45) is 5.92 Å². The molecular weight excluding hydrogens is 248 g/mol. The maximum absolute atomic E-state index is 11.9. The first kappa shape index (κ1) is 14.9. The molecule has 110 valence electrons. The molecule has 20 heavy (non-hydrogen) atoms. The minimum atomic E-state index is 0.0584. The number of carbonyl (C=O) groups excluding carboxylic acids is 1. The molecule has 0 heterocycles. The Balaban J connectivity index is 1.92. The van der Waals surface area contributed by atoms with Gasteiger partial charge in [-0.2, -0.15) is 0 Å². The summed E-state index contributed by atoms with van der Waals surface area (Å²) >= 11 is 0. The molecule has 0 aromatic heterocycles. The number of hydrogen-bond acceptors (Lipinski definition) is 2. The Bertz CT molecular complexity index is 434. The first-order valence-corrected chi connectivity index (χ1v) is 7.72. The summed E-state index contributed by atoms with van der Waals surface area (Å²) in [7, 11) is 3.57. The minimum Gasteiger partial charge on any atom is -0.385 e. The molecule has 0 bridgehead atoms. The van der Waals surface area contributed by atoms with Gasteiger partial charge in [0.2, 0.25) is 0 Å². The van der Waals surface area contributed by atoms with Crippen LogP contribution in [-0.4, -0.2) is 31.4 Å². The van der Waals surface area contributed by atoms with E-state index in [1.54, 1.807) is 19.0 Å². The molecule has 3 heteroatoms. The van der Waals surface area contributed by atoms with Crippen molar-refractivity contribution in [1.82, 2.24) is 4.90 Å². The first-order chi connectivity index (χ1) is 9.66. The highest BCUT2D eigenvalue weighted by molar-refractivity contribution is 5.94. The zero-order valence-corrected chi connectivity index (χ0v) is 12.7. The van der Waals surface area contributed by atoms with Crippen LogP contribution in [0.3, 0.4) is 0 Å². The number of rotatable bonds is 4. The molecule has 3 nitrogen and oxygen atoms in total. The lowest BCUT2D eigenvalue weighted by Gasteiger charge is -2.16. The van der Waals surface area contributed by atoms with Crippen molar-refractivity contribution in [2.75, 3.05) is 26.0 Å². The Hall–Kier alpha value is -1.51. The minimum absolute atomic E-state index is 0.0584. The van der Waals surface area contributed by atoms with Crippen LogP contribution in [0.15, 0.2) is 24.3 Å². The average Bonchev–Trinajstić information content (AvgIpc) is 2.73. The Labute approximate surface area is 122 Å². The molecule has 0 spiro atoms. The van der Waals surface area contributed by atoms with E-state index in [0.29, 0.717) is 0 Å². The summed E-state index contributed by atoms with van der Waals surface area (Å²) in [6, 6.07) is 7.83. The number of anilines is 1. The molecule has 2 rings (SSSR count). The van der Waals surface area contributed by atoms with Crippen LogP contribution in [0.4, 0.5) is 5.69 Å². The molecule has 0 radical (unpaired) electrons. The maximum atomic E-state index is 11.9. The van der Waals surface area contributed by atoms with Crippen molar-refractivity contribution >= 4 is 11.6 Å². The van der Waals surface area contributed by atoms with E-state index >= 15 is 0 Å². The summed E-state index contributed by atoms with van der Waals surface area (Å²) < 4.78 is 0. The predicted octanol–water partition coefficient (Wildman–Crippen LogP) is 3.77. The molecule has 1 amide bonds. The highest BCUT2D eigenvalue weighted by Crippen LogP contribution is 2.23. The number of benzene rings is 1. The summed E-state index contributed by atoms with van der Waals surface area (Å²) in [5.74, 6) is 0.842. The highest BCUT2D eigenvalue weighted by atomic mass is 16.2. The lowest BCUT2D eigenvalue weighted by molar-refractivity contribution is 0.0827. The monoisotopic (exact) mass is 274 g/mol. The molecule has 0 aliphatic heterocycles. The van der Waals surface area contributed by atoms with E-state index < -0.39 is 0 Å². The lowest BCUT2D eigenvalue weighted by Crippen LogP contribution is -2.21.